The van der Waals surface area contributed by atoms with E-state index in [2.05, 4.69) is 33.9 Å². The Morgan fingerprint density at radius 3 is 2.32 bits per heavy atom. The number of hydrogen-bond acceptors (Lipinski definition) is 9. The van der Waals surface area contributed by atoms with E-state index in [-0.39, 0.29) is 35.9 Å². The van der Waals surface area contributed by atoms with Gasteiger partial charge in [0.15, 0.2) is 5.78 Å². The number of fused-ring (bicyclic) bond motifs is 2. The first-order valence-electron chi connectivity index (χ1n) is 19.2. The van der Waals surface area contributed by atoms with Gasteiger partial charge in [-0.05, 0) is 116 Å². The first-order valence-corrected chi connectivity index (χ1v) is 21.1. The SMILES string of the molecule is CC1=CC(Cl)=C(N(C(=O)O)[C@@H]2C[C@H]3C(=O)N[C@]4(C(=O)NS(=O)(=O)C5(C)CC5)C[C@H]4/C=C\CC[C@H](C)C[C@@H](C)CCN3C2)[C@](C)(NC(=O)OC(C)(C)C(F)(F)F)C1=O. The van der Waals surface area contributed by atoms with E-state index in [0.29, 0.717) is 45.6 Å². The minimum Gasteiger partial charge on any atom is -0.465 e. The first kappa shape index (κ1) is 44.5. The number of hydrogen-bond donors (Lipinski definition) is 4. The van der Waals surface area contributed by atoms with Crippen molar-refractivity contribution in [2.24, 2.45) is 17.8 Å². The van der Waals surface area contributed by atoms with Gasteiger partial charge in [-0.2, -0.15) is 13.2 Å². The molecule has 0 aromatic rings. The lowest BCUT2D eigenvalue weighted by atomic mass is 9.82. The Hall–Kier alpha value is -3.64. The minimum atomic E-state index is -4.99. The number of halogens is 4. The number of alkyl carbamates (subject to hydrolysis) is 1. The number of ketones is 1. The number of nitrogens with one attached hydrogen (secondary N) is 3. The zero-order valence-corrected chi connectivity index (χ0v) is 34.8. The fourth-order valence-electron chi connectivity index (χ4n) is 8.09. The molecule has 0 aromatic heterocycles. The number of carbonyl (C=O) groups excluding carboxylic acids is 4. The molecule has 0 spiro atoms. The molecule has 0 aromatic carbocycles. The predicted octanol–water partition coefficient (Wildman–Crippen LogP) is 5.49. The topological polar surface area (TPSA) is 192 Å². The van der Waals surface area contributed by atoms with Gasteiger partial charge in [-0.1, -0.05) is 37.6 Å². The predicted molar refractivity (Wildman–Crippen MR) is 203 cm³/mol. The monoisotopic (exact) mass is 847 g/mol. The number of Topliss-reactive ketones (excluding diaryl/α,β-unsaturated/α-hetero) is 1. The van der Waals surface area contributed by atoms with Crippen LogP contribution in [0.3, 0.4) is 0 Å². The summed E-state index contributed by atoms with van der Waals surface area (Å²) >= 11 is 6.67. The molecule has 0 unspecified atom stereocenters. The van der Waals surface area contributed by atoms with Crippen LogP contribution < -0.4 is 15.4 Å². The largest absolute Gasteiger partial charge is 0.465 e. The maximum Gasteiger partial charge on any atom is 0.427 e. The molecule has 2 saturated carbocycles. The van der Waals surface area contributed by atoms with Gasteiger partial charge in [0, 0.05) is 12.5 Å². The summed E-state index contributed by atoms with van der Waals surface area (Å²) in [5.74, 6) is -2.34. The molecule has 0 bridgehead atoms. The van der Waals surface area contributed by atoms with Crippen LogP contribution in [0.1, 0.15) is 99.8 Å². The van der Waals surface area contributed by atoms with E-state index in [1.807, 2.05) is 12.2 Å². The molecule has 1 saturated heterocycles. The molecule has 0 radical (unpaired) electrons. The maximum absolute atomic E-state index is 14.4. The minimum absolute atomic E-state index is 0.0250. The Labute approximate surface area is 336 Å². The normalized spacial score (nSPS) is 33.0. The third-order valence-electron chi connectivity index (χ3n) is 12.2. The van der Waals surface area contributed by atoms with Gasteiger partial charge in [0.25, 0.3) is 5.91 Å². The molecule has 3 aliphatic carbocycles. The standard InChI is InChI=1S/C38H53ClF3N5O9S/c1-21-10-8-9-11-24-19-37(24,31(50)45-57(54,55)35(6)13-14-35)43-30(49)27-18-25(20-46(27)15-12-22(2)16-21)47(33(52)53)28-26(39)17-23(3)29(48)36(28,7)44-32(51)56-34(4,5)38(40,41)42/h9,11,17,21-22,24-25,27H,8,10,12-16,18-20H2,1-7H3,(H,43,49)(H,44,51)(H,45,50)(H,52,53)/b11-9-/t21-,22-,24+,25+,27-,36-,37+/m0/s1. The van der Waals surface area contributed by atoms with Crippen LogP contribution in [0.5, 0.6) is 0 Å². The van der Waals surface area contributed by atoms with Crippen LogP contribution in [0, 0.1) is 17.8 Å². The Balaban J connectivity index is 1.50. The molecule has 57 heavy (non-hydrogen) atoms. The Bertz CT molecular complexity index is 1900. The van der Waals surface area contributed by atoms with Crippen molar-refractivity contribution in [1.29, 1.82) is 0 Å². The Morgan fingerprint density at radius 1 is 1.09 bits per heavy atom. The second-order valence-electron chi connectivity index (χ2n) is 17.4. The van der Waals surface area contributed by atoms with Gasteiger partial charge >= 0.3 is 18.4 Å². The van der Waals surface area contributed by atoms with Crippen LogP contribution in [0.25, 0.3) is 0 Å². The van der Waals surface area contributed by atoms with Crippen molar-refractivity contribution in [3.8, 4) is 0 Å². The summed E-state index contributed by atoms with van der Waals surface area (Å²) in [7, 11) is -4.06. The number of carbonyl (C=O) groups is 5. The van der Waals surface area contributed by atoms with Crippen molar-refractivity contribution in [2.75, 3.05) is 13.1 Å². The van der Waals surface area contributed by atoms with E-state index >= 15 is 0 Å². The highest BCUT2D eigenvalue weighted by Crippen LogP contribution is 2.48. The zero-order chi connectivity index (χ0) is 42.7. The second kappa shape index (κ2) is 15.5. The zero-order valence-electron chi connectivity index (χ0n) is 33.2. The number of alkyl halides is 3. The highest BCUT2D eigenvalue weighted by molar-refractivity contribution is 7.91. The lowest BCUT2D eigenvalue weighted by molar-refractivity contribution is -0.244. The molecular weight excluding hydrogens is 795 g/mol. The number of nitrogens with zero attached hydrogens (tertiary/aromatic N) is 2. The fourth-order valence-corrected chi connectivity index (χ4v) is 9.85. The van der Waals surface area contributed by atoms with Crippen molar-refractivity contribution in [3.63, 3.8) is 0 Å². The van der Waals surface area contributed by atoms with Crippen LogP contribution in [0.4, 0.5) is 22.8 Å². The molecule has 318 valence electrons. The van der Waals surface area contributed by atoms with Crippen molar-refractivity contribution in [2.45, 2.75) is 140 Å². The van der Waals surface area contributed by atoms with E-state index in [1.165, 1.54) is 19.9 Å². The maximum atomic E-state index is 14.4. The number of allylic oxidation sites excluding steroid dienone is 3. The van der Waals surface area contributed by atoms with Crippen molar-refractivity contribution >= 4 is 51.4 Å². The number of rotatable bonds is 7. The summed E-state index contributed by atoms with van der Waals surface area (Å²) in [6.07, 6.45) is 0.467. The number of carboxylic acid groups (broad SMARTS) is 1. The van der Waals surface area contributed by atoms with Gasteiger partial charge in [-0.15, -0.1) is 0 Å². The highest BCUT2D eigenvalue weighted by atomic mass is 35.5. The molecule has 5 aliphatic rings. The van der Waals surface area contributed by atoms with Gasteiger partial charge in [0.2, 0.25) is 21.5 Å². The molecular formula is C38H53ClF3N5O9S. The molecule has 2 aliphatic heterocycles. The number of amides is 4. The Kier molecular flexibility index (Phi) is 12.1. The average molecular weight is 848 g/mol. The molecule has 7 atom stereocenters. The summed E-state index contributed by atoms with van der Waals surface area (Å²) in [6.45, 7) is 9.69. The Morgan fingerprint density at radius 2 is 1.72 bits per heavy atom. The van der Waals surface area contributed by atoms with Crippen LogP contribution in [-0.4, -0.2) is 106 Å². The van der Waals surface area contributed by atoms with Crippen molar-refractivity contribution < 1.29 is 55.4 Å². The second-order valence-corrected chi connectivity index (χ2v) is 20.1. The molecule has 14 nitrogen and oxygen atoms in total. The summed E-state index contributed by atoms with van der Waals surface area (Å²) < 4.78 is 73.0. The van der Waals surface area contributed by atoms with E-state index in [4.69, 9.17) is 11.6 Å². The van der Waals surface area contributed by atoms with E-state index in [0.717, 1.165) is 31.1 Å². The average Bonchev–Trinajstić information content (AvgIpc) is 3.95. The first-order chi connectivity index (χ1) is 26.2. The van der Waals surface area contributed by atoms with Gasteiger partial charge in [0.05, 0.1) is 27.6 Å². The molecule has 4 amide bonds. The third-order valence-corrected chi connectivity index (χ3v) is 14.7. The fraction of sp³-hybridized carbons (Fsp3) is 0.711. The summed E-state index contributed by atoms with van der Waals surface area (Å²) in [5, 5.41) is 15.5. The molecule has 2 heterocycles. The highest BCUT2D eigenvalue weighted by Gasteiger charge is 2.63. The lowest BCUT2D eigenvalue weighted by Crippen LogP contribution is -2.62. The van der Waals surface area contributed by atoms with Crippen LogP contribution in [0.15, 0.2) is 34.5 Å². The third kappa shape index (κ3) is 8.87. The van der Waals surface area contributed by atoms with Gasteiger partial charge in [-0.25, -0.2) is 18.0 Å². The molecule has 19 heteroatoms. The summed E-state index contributed by atoms with van der Waals surface area (Å²) in [5.41, 5.74) is -7.38. The molecule has 5 rings (SSSR count). The van der Waals surface area contributed by atoms with Gasteiger partial charge < -0.3 is 20.5 Å². The van der Waals surface area contributed by atoms with E-state index in [9.17, 15) is 50.7 Å². The summed E-state index contributed by atoms with van der Waals surface area (Å²) in [6, 6.07) is -2.15. The molecule has 4 N–H and O–H groups in total. The van der Waals surface area contributed by atoms with Gasteiger partial charge in [0.1, 0.15) is 11.1 Å². The lowest BCUT2D eigenvalue weighted by Gasteiger charge is -2.42. The quantitative estimate of drug-likeness (QED) is 0.238. The van der Waals surface area contributed by atoms with Gasteiger partial charge in [-0.3, -0.25) is 28.9 Å². The number of ether oxygens (including phenoxy) is 1. The number of sulfonamides is 1. The van der Waals surface area contributed by atoms with Crippen molar-refractivity contribution in [3.05, 3.63) is 34.5 Å². The van der Waals surface area contributed by atoms with Crippen LogP contribution in [0.2, 0.25) is 0 Å². The van der Waals surface area contributed by atoms with Crippen LogP contribution >= 0.6 is 11.6 Å². The van der Waals surface area contributed by atoms with E-state index in [1.54, 1.807) is 4.90 Å². The van der Waals surface area contributed by atoms with Crippen LogP contribution in [-0.2, 0) is 29.1 Å². The van der Waals surface area contributed by atoms with E-state index < -0.39 is 91.1 Å². The summed E-state index contributed by atoms with van der Waals surface area (Å²) in [4.78, 5) is 70.9. The van der Waals surface area contributed by atoms with Crippen molar-refractivity contribution in [1.82, 2.24) is 25.2 Å². The molecule has 3 fully saturated rings. The smallest absolute Gasteiger partial charge is 0.427 e.